The molecule has 0 atom stereocenters. The first-order valence-corrected chi connectivity index (χ1v) is 12.6. The minimum Gasteiger partial charge on any atom is -0.492 e. The van der Waals surface area contributed by atoms with Gasteiger partial charge in [-0.25, -0.2) is 9.97 Å². The second-order valence-electron chi connectivity index (χ2n) is 6.81. The van der Waals surface area contributed by atoms with Gasteiger partial charge in [-0.15, -0.1) is 11.8 Å². The van der Waals surface area contributed by atoms with Crippen LogP contribution >= 0.6 is 34.4 Å². The molecule has 1 aliphatic rings. The molecule has 0 amide bonds. The van der Waals surface area contributed by atoms with Gasteiger partial charge >= 0.3 is 0 Å². The van der Waals surface area contributed by atoms with Crippen LogP contribution in [0.25, 0.3) is 20.4 Å². The molecule has 0 bridgehead atoms. The number of thiazole rings is 2. The van der Waals surface area contributed by atoms with E-state index in [0.717, 1.165) is 53.2 Å². The zero-order valence-electron chi connectivity index (χ0n) is 16.4. The van der Waals surface area contributed by atoms with Crippen molar-refractivity contribution >= 4 is 65.1 Å². The third-order valence-corrected chi connectivity index (χ3v) is 8.01. The van der Waals surface area contributed by atoms with E-state index in [0.29, 0.717) is 6.61 Å². The Morgan fingerprint density at radius 3 is 2.10 bits per heavy atom. The molecule has 29 heavy (non-hydrogen) atoms. The number of benzene rings is 2. The predicted molar refractivity (Wildman–Crippen MR) is 127 cm³/mol. The summed E-state index contributed by atoms with van der Waals surface area (Å²) in [6.45, 7) is 6.50. The number of para-hydroxylation sites is 2. The van der Waals surface area contributed by atoms with Crippen molar-refractivity contribution in [1.82, 2.24) is 9.97 Å². The van der Waals surface area contributed by atoms with Crippen LogP contribution in [0, 0.1) is 0 Å². The molecule has 1 fully saturated rings. The summed E-state index contributed by atoms with van der Waals surface area (Å²) in [6, 6.07) is 12.6. The minimum absolute atomic E-state index is 0.658. The van der Waals surface area contributed by atoms with Crippen LogP contribution in [-0.2, 0) is 0 Å². The van der Waals surface area contributed by atoms with E-state index in [9.17, 15) is 0 Å². The zero-order chi connectivity index (χ0) is 19.8. The topological polar surface area (TPSA) is 41.5 Å². The molecule has 2 aromatic heterocycles. The number of hydrogen-bond acceptors (Lipinski definition) is 8. The summed E-state index contributed by atoms with van der Waals surface area (Å²) in [5.41, 5.74) is 2.12. The third-order valence-electron chi connectivity index (χ3n) is 5.08. The molecule has 0 saturated carbocycles. The average molecular weight is 443 g/mol. The number of nitrogens with zero attached hydrogens (tertiary/aromatic N) is 4. The molecule has 0 radical (unpaired) electrons. The lowest BCUT2D eigenvalue weighted by Crippen LogP contribution is -2.46. The Labute approximate surface area is 182 Å². The van der Waals surface area contributed by atoms with Gasteiger partial charge in [-0.1, -0.05) is 34.8 Å². The van der Waals surface area contributed by atoms with Gasteiger partial charge in [-0.2, -0.15) is 0 Å². The number of aromatic nitrogens is 2. The van der Waals surface area contributed by atoms with Crippen LogP contribution in [0.3, 0.4) is 0 Å². The fourth-order valence-electron chi connectivity index (χ4n) is 3.62. The first kappa shape index (κ1) is 19.0. The van der Waals surface area contributed by atoms with Crippen LogP contribution in [-0.4, -0.2) is 49.0 Å². The number of piperazine rings is 1. The maximum absolute atomic E-state index is 5.75. The molecule has 5 nitrogen and oxygen atoms in total. The Morgan fingerprint density at radius 1 is 0.897 bits per heavy atom. The van der Waals surface area contributed by atoms with Crippen molar-refractivity contribution in [3.05, 3.63) is 36.4 Å². The van der Waals surface area contributed by atoms with Gasteiger partial charge in [0.05, 0.1) is 21.5 Å². The summed E-state index contributed by atoms with van der Waals surface area (Å²) in [7, 11) is 0. The van der Waals surface area contributed by atoms with Crippen LogP contribution in [0.1, 0.15) is 6.92 Å². The van der Waals surface area contributed by atoms with Crippen LogP contribution in [0.4, 0.5) is 10.3 Å². The highest BCUT2D eigenvalue weighted by Crippen LogP contribution is 2.36. The van der Waals surface area contributed by atoms with Crippen LogP contribution < -0.4 is 14.5 Å². The number of thioether (sulfide) groups is 1. The van der Waals surface area contributed by atoms with E-state index in [1.54, 1.807) is 34.4 Å². The smallest absolute Gasteiger partial charge is 0.186 e. The van der Waals surface area contributed by atoms with Crippen LogP contribution in [0.2, 0.25) is 0 Å². The summed E-state index contributed by atoms with van der Waals surface area (Å²) in [5.74, 6) is 0.880. The molecule has 2 aromatic carbocycles. The SMILES string of the molecule is CCOc1cccc2sc(N3CCN(c4nc5c(SC)cccc5s4)CC3)nc12. The fourth-order valence-corrected chi connectivity index (χ4v) is 6.33. The Bertz CT molecular complexity index is 1150. The lowest BCUT2D eigenvalue weighted by atomic mass is 10.3. The van der Waals surface area contributed by atoms with E-state index < -0.39 is 0 Å². The second kappa shape index (κ2) is 8.01. The van der Waals surface area contributed by atoms with Crippen LogP contribution in [0.15, 0.2) is 41.3 Å². The largest absolute Gasteiger partial charge is 0.492 e. The van der Waals surface area contributed by atoms with Crippen molar-refractivity contribution in [2.75, 3.05) is 48.8 Å². The average Bonchev–Trinajstić information content (AvgIpc) is 3.39. The van der Waals surface area contributed by atoms with Gasteiger partial charge in [0.2, 0.25) is 0 Å². The highest BCUT2D eigenvalue weighted by Gasteiger charge is 2.23. The Kier molecular flexibility index (Phi) is 5.24. The predicted octanol–water partition coefficient (Wildman–Crippen LogP) is 5.35. The summed E-state index contributed by atoms with van der Waals surface area (Å²) in [6.07, 6.45) is 2.11. The Hall–Kier alpha value is -2.03. The lowest BCUT2D eigenvalue weighted by molar-refractivity contribution is 0.344. The van der Waals surface area contributed by atoms with Gasteiger partial charge in [-0.3, -0.25) is 0 Å². The maximum Gasteiger partial charge on any atom is 0.186 e. The van der Waals surface area contributed by atoms with E-state index >= 15 is 0 Å². The van der Waals surface area contributed by atoms with Gasteiger partial charge in [0.1, 0.15) is 11.3 Å². The molecule has 0 unspecified atom stereocenters. The number of hydrogen-bond donors (Lipinski definition) is 0. The van der Waals surface area contributed by atoms with Crippen molar-refractivity contribution in [1.29, 1.82) is 0 Å². The van der Waals surface area contributed by atoms with Gasteiger partial charge < -0.3 is 14.5 Å². The second-order valence-corrected chi connectivity index (χ2v) is 9.68. The fraction of sp³-hybridized carbons (Fsp3) is 0.333. The van der Waals surface area contributed by atoms with Crippen molar-refractivity contribution in [3.63, 3.8) is 0 Å². The van der Waals surface area contributed by atoms with Crippen molar-refractivity contribution in [2.45, 2.75) is 11.8 Å². The Balaban J connectivity index is 1.34. The molecule has 150 valence electrons. The summed E-state index contributed by atoms with van der Waals surface area (Å²) >= 11 is 5.31. The van der Waals surface area contributed by atoms with E-state index in [2.05, 4.69) is 40.3 Å². The first-order chi connectivity index (χ1) is 14.3. The molecular weight excluding hydrogens is 420 g/mol. The monoisotopic (exact) mass is 442 g/mol. The molecular formula is C21H22N4OS3. The lowest BCUT2D eigenvalue weighted by Gasteiger charge is -2.34. The highest BCUT2D eigenvalue weighted by molar-refractivity contribution is 7.98. The molecule has 4 aromatic rings. The standard InChI is InChI=1S/C21H22N4OS3/c1-3-26-14-6-4-8-16-18(14)22-20(28-16)24-10-12-25(13-11-24)21-23-19-15(27-2)7-5-9-17(19)29-21/h4-9H,3,10-13H2,1-2H3. The summed E-state index contributed by atoms with van der Waals surface area (Å²) < 4.78 is 8.20. The van der Waals surface area contributed by atoms with E-state index in [1.807, 2.05) is 19.1 Å². The highest BCUT2D eigenvalue weighted by atomic mass is 32.2. The molecule has 8 heteroatoms. The molecule has 0 N–H and O–H groups in total. The summed E-state index contributed by atoms with van der Waals surface area (Å²) in [5, 5.41) is 2.21. The number of fused-ring (bicyclic) bond motifs is 2. The third kappa shape index (κ3) is 3.53. The molecule has 1 saturated heterocycles. The van der Waals surface area contributed by atoms with E-state index in [1.165, 1.54) is 14.3 Å². The first-order valence-electron chi connectivity index (χ1n) is 9.72. The molecule has 3 heterocycles. The minimum atomic E-state index is 0.658. The van der Waals surface area contributed by atoms with E-state index in [4.69, 9.17) is 14.7 Å². The van der Waals surface area contributed by atoms with Gasteiger partial charge in [0.25, 0.3) is 0 Å². The van der Waals surface area contributed by atoms with E-state index in [-0.39, 0.29) is 0 Å². The number of rotatable bonds is 5. The van der Waals surface area contributed by atoms with Crippen molar-refractivity contribution in [2.24, 2.45) is 0 Å². The number of anilines is 2. The zero-order valence-corrected chi connectivity index (χ0v) is 18.9. The molecule has 5 rings (SSSR count). The quantitative estimate of drug-likeness (QED) is 0.388. The summed E-state index contributed by atoms with van der Waals surface area (Å²) in [4.78, 5) is 15.9. The van der Waals surface area contributed by atoms with Gasteiger partial charge in [-0.05, 0) is 37.4 Å². The Morgan fingerprint density at radius 2 is 1.48 bits per heavy atom. The normalized spacial score (nSPS) is 14.8. The molecule has 0 spiro atoms. The number of ether oxygens (including phenoxy) is 1. The van der Waals surface area contributed by atoms with Crippen molar-refractivity contribution < 1.29 is 4.74 Å². The van der Waals surface area contributed by atoms with Gasteiger partial charge in [0.15, 0.2) is 10.3 Å². The molecule has 1 aliphatic heterocycles. The van der Waals surface area contributed by atoms with Crippen LogP contribution in [0.5, 0.6) is 5.75 Å². The molecule has 0 aliphatic carbocycles. The maximum atomic E-state index is 5.75. The van der Waals surface area contributed by atoms with Crippen molar-refractivity contribution in [3.8, 4) is 5.75 Å². The van der Waals surface area contributed by atoms with Gasteiger partial charge in [0, 0.05) is 31.1 Å².